The van der Waals surface area contributed by atoms with Gasteiger partial charge in [-0.05, 0) is 12.8 Å². The number of unbranched alkanes of at least 4 members (excludes halogenated alkanes) is 10. The summed E-state index contributed by atoms with van der Waals surface area (Å²) in [5, 5.41) is 0.229. The molecule has 0 aliphatic carbocycles. The smallest absolute Gasteiger partial charge is 0.312 e. The summed E-state index contributed by atoms with van der Waals surface area (Å²) in [6.45, 7) is 4.71. The number of rotatable bonds is 18. The molecule has 0 aromatic heterocycles. The van der Waals surface area contributed by atoms with E-state index in [0.717, 1.165) is 6.42 Å². The molecule has 0 aliphatic rings. The van der Waals surface area contributed by atoms with Crippen LogP contribution in [0.1, 0.15) is 97.3 Å². The normalized spacial score (nSPS) is 14.8. The fourth-order valence-corrected chi connectivity index (χ4v) is 4.59. The van der Waals surface area contributed by atoms with E-state index in [4.69, 9.17) is 16.2 Å². The Morgan fingerprint density at radius 3 is 1.85 bits per heavy atom. The molecule has 156 valence electrons. The average Bonchev–Trinajstić information content (AvgIpc) is 2.65. The van der Waals surface area contributed by atoms with E-state index < -0.39 is 5.92 Å². The molecule has 0 aromatic carbocycles. The molecule has 0 fully saturated rings. The van der Waals surface area contributed by atoms with Gasteiger partial charge >= 0.3 is 5.97 Å². The third-order valence-electron chi connectivity index (χ3n) is 5.09. The summed E-state index contributed by atoms with van der Waals surface area (Å²) < 4.78 is 4.80. The zero-order valence-corrected chi connectivity index (χ0v) is 18.3. The number of carbonyl (C=O) groups is 1. The molecule has 26 heavy (non-hydrogen) atoms. The summed E-state index contributed by atoms with van der Waals surface area (Å²) in [5.74, 6) is -0.701. The van der Waals surface area contributed by atoms with Crippen LogP contribution in [0.5, 0.6) is 0 Å². The van der Waals surface area contributed by atoms with Gasteiger partial charge < -0.3 is 16.2 Å². The van der Waals surface area contributed by atoms with Gasteiger partial charge in [-0.25, -0.2) is 0 Å². The summed E-state index contributed by atoms with van der Waals surface area (Å²) in [5.41, 5.74) is 11.9. The van der Waals surface area contributed by atoms with E-state index in [9.17, 15) is 4.79 Å². The van der Waals surface area contributed by atoms with Gasteiger partial charge in [-0.15, -0.1) is 11.8 Å². The molecule has 0 bridgehead atoms. The number of methoxy groups -OCH3 is 1. The molecule has 3 atom stereocenters. The predicted molar refractivity (Wildman–Crippen MR) is 115 cm³/mol. The summed E-state index contributed by atoms with van der Waals surface area (Å²) in [6.07, 6.45) is 17.3. The van der Waals surface area contributed by atoms with Gasteiger partial charge in [0, 0.05) is 11.8 Å². The summed E-state index contributed by atoms with van der Waals surface area (Å²) in [4.78, 5) is 11.7. The molecular formula is C21H44N2O2S. The van der Waals surface area contributed by atoms with E-state index in [1.807, 2.05) is 0 Å². The van der Waals surface area contributed by atoms with E-state index in [1.54, 1.807) is 11.8 Å². The number of carbonyl (C=O) groups excluding carboxylic acids is 1. The van der Waals surface area contributed by atoms with Crippen molar-refractivity contribution in [2.45, 2.75) is 108 Å². The van der Waals surface area contributed by atoms with Crippen LogP contribution >= 0.6 is 11.8 Å². The first kappa shape index (κ1) is 25.7. The summed E-state index contributed by atoms with van der Waals surface area (Å²) in [6, 6.07) is 0. The molecule has 3 unspecified atom stereocenters. The van der Waals surface area contributed by atoms with Gasteiger partial charge in [-0.2, -0.15) is 0 Å². The Morgan fingerprint density at radius 2 is 1.42 bits per heavy atom. The maximum absolute atomic E-state index is 11.7. The largest absolute Gasteiger partial charge is 0.469 e. The Morgan fingerprint density at radius 1 is 0.923 bits per heavy atom. The molecule has 5 heteroatoms. The lowest BCUT2D eigenvalue weighted by atomic mass is 10.0. The quantitative estimate of drug-likeness (QED) is 0.191. The zero-order chi connectivity index (χ0) is 19.6. The first-order valence-electron chi connectivity index (χ1n) is 10.8. The monoisotopic (exact) mass is 388 g/mol. The Balaban J connectivity index is 3.74. The standard InChI is InChI=1S/C21H44N2O2S/c1-4-6-7-8-9-10-11-12-13-14-15-16-18(5-2)26-20(23)19(17-22)21(24)25-3/h18-20H,4-17,22-23H2,1-3H3. The zero-order valence-electron chi connectivity index (χ0n) is 17.5. The van der Waals surface area contributed by atoms with Crippen LogP contribution in [-0.2, 0) is 9.53 Å². The van der Waals surface area contributed by atoms with Crippen LogP contribution in [0.4, 0.5) is 0 Å². The van der Waals surface area contributed by atoms with E-state index in [-0.39, 0.29) is 17.9 Å². The second-order valence-electron chi connectivity index (χ2n) is 7.32. The highest BCUT2D eigenvalue weighted by molar-refractivity contribution is 8.00. The number of thioether (sulfide) groups is 1. The first-order chi connectivity index (χ1) is 12.6. The highest BCUT2D eigenvalue weighted by atomic mass is 32.2. The molecule has 0 saturated carbocycles. The number of hydrogen-bond donors (Lipinski definition) is 2. The van der Waals surface area contributed by atoms with Crippen molar-refractivity contribution in [2.24, 2.45) is 17.4 Å². The van der Waals surface area contributed by atoms with Crippen LogP contribution in [0.2, 0.25) is 0 Å². The predicted octanol–water partition coefficient (Wildman–Crippen LogP) is 5.23. The third-order valence-corrected chi connectivity index (χ3v) is 6.69. The van der Waals surface area contributed by atoms with Crippen LogP contribution in [0, 0.1) is 5.92 Å². The maximum Gasteiger partial charge on any atom is 0.312 e. The van der Waals surface area contributed by atoms with Gasteiger partial charge in [0.25, 0.3) is 0 Å². The minimum absolute atomic E-state index is 0.246. The fraction of sp³-hybridized carbons (Fsp3) is 0.952. The average molecular weight is 389 g/mol. The van der Waals surface area contributed by atoms with Gasteiger partial charge in [-0.1, -0.05) is 84.5 Å². The molecule has 0 aliphatic heterocycles. The van der Waals surface area contributed by atoms with Crippen molar-refractivity contribution >= 4 is 17.7 Å². The highest BCUT2D eigenvalue weighted by Gasteiger charge is 2.27. The van der Waals surface area contributed by atoms with Crippen molar-refractivity contribution in [3.63, 3.8) is 0 Å². The van der Waals surface area contributed by atoms with Crippen molar-refractivity contribution in [1.82, 2.24) is 0 Å². The number of ether oxygens (including phenoxy) is 1. The van der Waals surface area contributed by atoms with Gasteiger partial charge in [0.05, 0.1) is 18.4 Å². The van der Waals surface area contributed by atoms with E-state index >= 15 is 0 Å². The van der Waals surface area contributed by atoms with Gasteiger partial charge in [-0.3, -0.25) is 4.79 Å². The van der Waals surface area contributed by atoms with E-state index in [1.165, 1.54) is 84.2 Å². The van der Waals surface area contributed by atoms with Crippen molar-refractivity contribution in [1.29, 1.82) is 0 Å². The summed E-state index contributed by atoms with van der Waals surface area (Å²) in [7, 11) is 1.39. The van der Waals surface area contributed by atoms with Crippen LogP contribution in [0.25, 0.3) is 0 Å². The van der Waals surface area contributed by atoms with Crippen molar-refractivity contribution in [3.8, 4) is 0 Å². The lowest BCUT2D eigenvalue weighted by Crippen LogP contribution is -2.40. The Hall–Kier alpha value is -0.260. The molecule has 0 spiro atoms. The summed E-state index contributed by atoms with van der Waals surface area (Å²) >= 11 is 1.70. The minimum Gasteiger partial charge on any atom is -0.469 e. The Bertz CT molecular complexity index is 329. The SMILES string of the molecule is CCCCCCCCCCCCCC(CC)SC(N)C(CN)C(=O)OC. The molecule has 0 aromatic rings. The number of nitrogens with two attached hydrogens (primary N) is 2. The molecule has 4 nitrogen and oxygen atoms in total. The molecule has 0 saturated heterocycles. The molecule has 0 radical (unpaired) electrons. The fourth-order valence-electron chi connectivity index (χ4n) is 3.24. The van der Waals surface area contributed by atoms with E-state index in [0.29, 0.717) is 5.25 Å². The van der Waals surface area contributed by atoms with E-state index in [2.05, 4.69) is 13.8 Å². The number of hydrogen-bond acceptors (Lipinski definition) is 5. The molecular weight excluding hydrogens is 344 g/mol. The van der Waals surface area contributed by atoms with Gasteiger partial charge in [0.1, 0.15) is 0 Å². The van der Waals surface area contributed by atoms with Gasteiger partial charge in [0.15, 0.2) is 0 Å². The Labute approximate surface area is 166 Å². The Kier molecular flexibility index (Phi) is 17.9. The van der Waals surface area contributed by atoms with Gasteiger partial charge in [0.2, 0.25) is 0 Å². The molecule has 4 N–H and O–H groups in total. The lowest BCUT2D eigenvalue weighted by molar-refractivity contribution is -0.145. The lowest BCUT2D eigenvalue weighted by Gasteiger charge is -2.24. The van der Waals surface area contributed by atoms with Crippen LogP contribution in [0.15, 0.2) is 0 Å². The van der Waals surface area contributed by atoms with Crippen molar-refractivity contribution in [3.05, 3.63) is 0 Å². The minimum atomic E-state index is -0.406. The third kappa shape index (κ3) is 13.0. The van der Waals surface area contributed by atoms with Crippen LogP contribution < -0.4 is 11.5 Å². The topological polar surface area (TPSA) is 78.3 Å². The highest BCUT2D eigenvalue weighted by Crippen LogP contribution is 2.27. The van der Waals surface area contributed by atoms with Crippen molar-refractivity contribution in [2.75, 3.05) is 13.7 Å². The maximum atomic E-state index is 11.7. The molecule has 0 rings (SSSR count). The first-order valence-corrected chi connectivity index (χ1v) is 11.7. The molecule has 0 amide bonds. The van der Waals surface area contributed by atoms with Crippen molar-refractivity contribution < 1.29 is 9.53 Å². The second kappa shape index (κ2) is 18.1. The van der Waals surface area contributed by atoms with Crippen LogP contribution in [0.3, 0.4) is 0 Å². The number of esters is 1. The van der Waals surface area contributed by atoms with Crippen LogP contribution in [-0.4, -0.2) is 30.2 Å². The molecule has 0 heterocycles. The second-order valence-corrected chi connectivity index (χ2v) is 8.80.